The standard InChI is InChI=1S/C21H25N3O6S2/c1-17(25)18-7-6-10-20(15-18)32(29,30)24-13-11-23(12-14-24)21(26)16-22(2)31(27,28)19-8-4-3-5-9-19/h3-10,15H,11-14,16H2,1-2H3. The summed E-state index contributed by atoms with van der Waals surface area (Å²) in [5.41, 5.74) is 0.308. The van der Waals surface area contributed by atoms with Crippen molar-refractivity contribution in [2.75, 3.05) is 39.8 Å². The van der Waals surface area contributed by atoms with Gasteiger partial charge in [-0.25, -0.2) is 16.8 Å². The third kappa shape index (κ3) is 5.07. The molecule has 1 aliphatic rings. The molecule has 0 aliphatic carbocycles. The summed E-state index contributed by atoms with van der Waals surface area (Å²) >= 11 is 0. The van der Waals surface area contributed by atoms with Crippen LogP contribution < -0.4 is 0 Å². The number of rotatable bonds is 7. The van der Waals surface area contributed by atoms with E-state index in [0.29, 0.717) is 5.56 Å². The van der Waals surface area contributed by atoms with Gasteiger partial charge in [0.05, 0.1) is 16.3 Å². The Balaban J connectivity index is 1.63. The molecule has 1 amide bonds. The number of ketones is 1. The molecule has 0 radical (unpaired) electrons. The zero-order chi connectivity index (χ0) is 23.5. The van der Waals surface area contributed by atoms with E-state index < -0.39 is 26.0 Å². The number of carbonyl (C=O) groups is 2. The molecule has 0 aromatic heterocycles. The normalized spacial score (nSPS) is 15.7. The minimum atomic E-state index is -3.81. The highest BCUT2D eigenvalue weighted by Crippen LogP contribution is 2.20. The number of Topliss-reactive ketones (excluding diaryl/α,β-unsaturated/α-hetero) is 1. The molecule has 172 valence electrons. The van der Waals surface area contributed by atoms with Crippen LogP contribution in [0.1, 0.15) is 17.3 Å². The van der Waals surface area contributed by atoms with Gasteiger partial charge in [-0.2, -0.15) is 8.61 Å². The second-order valence-corrected chi connectivity index (χ2v) is 11.4. The van der Waals surface area contributed by atoms with E-state index in [2.05, 4.69) is 0 Å². The quantitative estimate of drug-likeness (QED) is 0.549. The smallest absolute Gasteiger partial charge is 0.243 e. The van der Waals surface area contributed by atoms with Gasteiger partial charge in [-0.05, 0) is 31.2 Å². The second kappa shape index (κ2) is 9.49. The number of likely N-dealkylation sites (N-methyl/N-ethyl adjacent to an activating group) is 1. The van der Waals surface area contributed by atoms with Gasteiger partial charge in [-0.3, -0.25) is 9.59 Å². The maximum absolute atomic E-state index is 12.9. The first-order valence-corrected chi connectivity index (χ1v) is 12.8. The van der Waals surface area contributed by atoms with Crippen molar-refractivity contribution < 1.29 is 26.4 Å². The van der Waals surface area contributed by atoms with E-state index in [9.17, 15) is 26.4 Å². The summed E-state index contributed by atoms with van der Waals surface area (Å²) in [4.78, 5) is 25.8. The molecular formula is C21H25N3O6S2. The second-order valence-electron chi connectivity index (χ2n) is 7.44. The number of carbonyl (C=O) groups excluding carboxylic acids is 2. The van der Waals surface area contributed by atoms with Crippen molar-refractivity contribution in [3.05, 3.63) is 60.2 Å². The third-order valence-electron chi connectivity index (χ3n) is 5.28. The number of hydrogen-bond donors (Lipinski definition) is 0. The van der Waals surface area contributed by atoms with Gasteiger partial charge in [0.2, 0.25) is 26.0 Å². The summed E-state index contributed by atoms with van der Waals surface area (Å²) in [6.07, 6.45) is 0. The molecule has 0 N–H and O–H groups in total. The lowest BCUT2D eigenvalue weighted by Gasteiger charge is -2.34. The van der Waals surface area contributed by atoms with Crippen molar-refractivity contribution >= 4 is 31.7 Å². The molecular weight excluding hydrogens is 454 g/mol. The lowest BCUT2D eigenvalue weighted by atomic mass is 10.2. The van der Waals surface area contributed by atoms with Crippen molar-refractivity contribution in [2.24, 2.45) is 0 Å². The van der Waals surface area contributed by atoms with Gasteiger partial charge in [0.25, 0.3) is 0 Å². The Morgan fingerprint density at radius 1 is 0.875 bits per heavy atom. The van der Waals surface area contributed by atoms with Crippen LogP contribution in [0.15, 0.2) is 64.4 Å². The van der Waals surface area contributed by atoms with E-state index in [1.54, 1.807) is 24.3 Å². The molecule has 0 spiro atoms. The summed E-state index contributed by atoms with van der Waals surface area (Å²) < 4.78 is 53.3. The van der Waals surface area contributed by atoms with Crippen LogP contribution in [0.2, 0.25) is 0 Å². The van der Waals surface area contributed by atoms with E-state index in [1.807, 2.05) is 0 Å². The Bertz CT molecular complexity index is 1210. The van der Waals surface area contributed by atoms with Gasteiger partial charge < -0.3 is 4.90 Å². The third-order valence-corrected chi connectivity index (χ3v) is 8.99. The highest BCUT2D eigenvalue weighted by molar-refractivity contribution is 7.89. The van der Waals surface area contributed by atoms with Crippen LogP contribution in [-0.4, -0.2) is 81.8 Å². The molecule has 0 unspecified atom stereocenters. The first kappa shape index (κ1) is 24.1. The molecule has 1 aliphatic heterocycles. The van der Waals surface area contributed by atoms with E-state index in [0.717, 1.165) is 4.31 Å². The molecule has 32 heavy (non-hydrogen) atoms. The number of piperazine rings is 1. The van der Waals surface area contributed by atoms with Crippen LogP contribution in [-0.2, 0) is 24.8 Å². The first-order chi connectivity index (χ1) is 15.0. The molecule has 0 bridgehead atoms. The molecule has 1 heterocycles. The number of nitrogens with zero attached hydrogens (tertiary/aromatic N) is 3. The Hall–Kier alpha value is -2.60. The minimum Gasteiger partial charge on any atom is -0.339 e. The molecule has 0 atom stereocenters. The maximum Gasteiger partial charge on any atom is 0.243 e. The van der Waals surface area contributed by atoms with Crippen LogP contribution >= 0.6 is 0 Å². The number of benzene rings is 2. The predicted molar refractivity (Wildman–Crippen MR) is 118 cm³/mol. The van der Waals surface area contributed by atoms with Gasteiger partial charge in [0.15, 0.2) is 5.78 Å². The average molecular weight is 480 g/mol. The minimum absolute atomic E-state index is 0.0265. The summed E-state index contributed by atoms with van der Waals surface area (Å²) in [6, 6.07) is 13.7. The summed E-state index contributed by atoms with van der Waals surface area (Å²) in [6.45, 7) is 1.46. The summed E-state index contributed by atoms with van der Waals surface area (Å²) in [5, 5.41) is 0. The maximum atomic E-state index is 12.9. The van der Waals surface area contributed by atoms with Crippen molar-refractivity contribution in [1.29, 1.82) is 0 Å². The van der Waals surface area contributed by atoms with Gasteiger partial charge in [-0.15, -0.1) is 0 Å². The Morgan fingerprint density at radius 3 is 2.06 bits per heavy atom. The van der Waals surface area contributed by atoms with E-state index in [1.165, 1.54) is 53.5 Å². The van der Waals surface area contributed by atoms with E-state index in [-0.39, 0.29) is 48.3 Å². The molecule has 11 heteroatoms. The Morgan fingerprint density at radius 2 is 1.47 bits per heavy atom. The van der Waals surface area contributed by atoms with E-state index in [4.69, 9.17) is 0 Å². The van der Waals surface area contributed by atoms with Crippen molar-refractivity contribution in [3.8, 4) is 0 Å². The number of hydrogen-bond acceptors (Lipinski definition) is 6. The van der Waals surface area contributed by atoms with Gasteiger partial charge >= 0.3 is 0 Å². The van der Waals surface area contributed by atoms with Crippen molar-refractivity contribution in [1.82, 2.24) is 13.5 Å². The van der Waals surface area contributed by atoms with Crippen molar-refractivity contribution in [3.63, 3.8) is 0 Å². The van der Waals surface area contributed by atoms with Crippen LogP contribution in [0.4, 0.5) is 0 Å². The Kier molecular flexibility index (Phi) is 7.13. The van der Waals surface area contributed by atoms with Crippen LogP contribution in [0.3, 0.4) is 0 Å². The first-order valence-electron chi connectivity index (χ1n) is 9.94. The molecule has 1 saturated heterocycles. The SMILES string of the molecule is CC(=O)c1cccc(S(=O)(=O)N2CCN(C(=O)CN(C)S(=O)(=O)c3ccccc3)CC2)c1. The zero-order valence-corrected chi connectivity index (χ0v) is 19.5. The zero-order valence-electron chi connectivity index (χ0n) is 17.8. The fourth-order valence-corrected chi connectivity index (χ4v) is 5.96. The fourth-order valence-electron chi connectivity index (χ4n) is 3.35. The monoisotopic (exact) mass is 479 g/mol. The highest BCUT2D eigenvalue weighted by atomic mass is 32.2. The summed E-state index contributed by atoms with van der Waals surface area (Å²) in [7, 11) is -6.28. The number of sulfonamides is 2. The molecule has 2 aromatic carbocycles. The van der Waals surface area contributed by atoms with Crippen molar-refractivity contribution in [2.45, 2.75) is 16.7 Å². The average Bonchev–Trinajstić information content (AvgIpc) is 2.79. The fraction of sp³-hybridized carbons (Fsp3) is 0.333. The highest BCUT2D eigenvalue weighted by Gasteiger charge is 2.32. The van der Waals surface area contributed by atoms with Gasteiger partial charge in [0.1, 0.15) is 0 Å². The lowest BCUT2D eigenvalue weighted by molar-refractivity contribution is -0.132. The molecule has 0 saturated carbocycles. The van der Waals surface area contributed by atoms with Crippen LogP contribution in [0.5, 0.6) is 0 Å². The Labute approximate surface area is 188 Å². The van der Waals surface area contributed by atoms with Crippen LogP contribution in [0, 0.1) is 0 Å². The van der Waals surface area contributed by atoms with E-state index >= 15 is 0 Å². The number of amides is 1. The molecule has 1 fully saturated rings. The summed E-state index contributed by atoms with van der Waals surface area (Å²) in [5.74, 6) is -0.630. The van der Waals surface area contributed by atoms with Gasteiger partial charge in [0, 0.05) is 38.8 Å². The molecule has 3 rings (SSSR count). The largest absolute Gasteiger partial charge is 0.339 e. The molecule has 9 nitrogen and oxygen atoms in total. The predicted octanol–water partition coefficient (Wildman–Crippen LogP) is 1.04. The van der Waals surface area contributed by atoms with Gasteiger partial charge in [-0.1, -0.05) is 30.3 Å². The molecule has 2 aromatic rings. The van der Waals surface area contributed by atoms with Crippen LogP contribution in [0.25, 0.3) is 0 Å². The lowest BCUT2D eigenvalue weighted by Crippen LogP contribution is -2.52. The topological polar surface area (TPSA) is 112 Å².